The number of rotatable bonds is 11. The monoisotopic (exact) mass is 340 g/mol. The Morgan fingerprint density at radius 1 is 1.00 bits per heavy atom. The number of carbonyl (C=O) groups excluding carboxylic acids is 1. The zero-order valence-electron chi connectivity index (χ0n) is 14.3. The number of benzene rings is 2. The third-order valence-electron chi connectivity index (χ3n) is 4.14. The molecule has 2 rings (SSSR count). The van der Waals surface area contributed by atoms with E-state index in [-0.39, 0.29) is 0 Å². The Morgan fingerprint density at radius 2 is 1.72 bits per heavy atom. The van der Waals surface area contributed by atoms with Crippen LogP contribution in [0.1, 0.15) is 49.1 Å². The topological polar surface area (TPSA) is 63.6 Å². The lowest BCUT2D eigenvalue weighted by Crippen LogP contribution is -2.11. The fourth-order valence-corrected chi connectivity index (χ4v) is 2.72. The van der Waals surface area contributed by atoms with Gasteiger partial charge in [0.2, 0.25) is 0 Å². The standard InChI is InChI=1S/C21H24O4/c22-15-7-2-1-6-10-20(21(23)24)18-11-13-19(14-12-18)25-16-17-8-4-3-5-9-17/h3-5,8-9,11-15,20H,1-2,6-7,10,16H2,(H,23,24). The lowest BCUT2D eigenvalue weighted by Gasteiger charge is -2.13. The van der Waals surface area contributed by atoms with Gasteiger partial charge in [-0.1, -0.05) is 55.3 Å². The molecule has 4 nitrogen and oxygen atoms in total. The van der Waals surface area contributed by atoms with E-state index in [1.807, 2.05) is 54.6 Å². The second kappa shape index (κ2) is 10.3. The van der Waals surface area contributed by atoms with Crippen LogP contribution in [0, 0.1) is 0 Å². The molecule has 132 valence electrons. The maximum absolute atomic E-state index is 11.5. The van der Waals surface area contributed by atoms with Crippen LogP contribution in [0.25, 0.3) is 0 Å². The number of aliphatic carboxylic acids is 1. The van der Waals surface area contributed by atoms with E-state index in [0.717, 1.165) is 42.4 Å². The van der Waals surface area contributed by atoms with E-state index in [9.17, 15) is 14.7 Å². The first-order chi connectivity index (χ1) is 12.2. The first-order valence-electron chi connectivity index (χ1n) is 8.64. The van der Waals surface area contributed by atoms with Crippen molar-refractivity contribution in [3.63, 3.8) is 0 Å². The quantitative estimate of drug-likeness (QED) is 0.480. The van der Waals surface area contributed by atoms with Crippen LogP contribution in [0.5, 0.6) is 5.75 Å². The molecule has 2 aromatic rings. The molecule has 4 heteroatoms. The zero-order valence-corrected chi connectivity index (χ0v) is 14.3. The van der Waals surface area contributed by atoms with Gasteiger partial charge in [0.25, 0.3) is 0 Å². The van der Waals surface area contributed by atoms with Crippen molar-refractivity contribution in [3.05, 3.63) is 65.7 Å². The van der Waals surface area contributed by atoms with Crippen LogP contribution in [-0.4, -0.2) is 17.4 Å². The van der Waals surface area contributed by atoms with Crippen molar-refractivity contribution >= 4 is 12.3 Å². The normalized spacial score (nSPS) is 11.7. The molecule has 0 saturated heterocycles. The molecular weight excluding hydrogens is 316 g/mol. The Hall–Kier alpha value is -2.62. The Kier molecular flexibility index (Phi) is 7.70. The summed E-state index contributed by atoms with van der Waals surface area (Å²) in [5.74, 6) is -0.601. The van der Waals surface area contributed by atoms with E-state index in [4.69, 9.17) is 4.74 Å². The van der Waals surface area contributed by atoms with Crippen LogP contribution < -0.4 is 4.74 Å². The average Bonchev–Trinajstić information content (AvgIpc) is 2.64. The van der Waals surface area contributed by atoms with Crippen molar-refractivity contribution in [1.82, 2.24) is 0 Å². The van der Waals surface area contributed by atoms with Gasteiger partial charge < -0.3 is 14.6 Å². The van der Waals surface area contributed by atoms with Gasteiger partial charge in [-0.3, -0.25) is 4.79 Å². The molecule has 0 aromatic heterocycles. The Bertz CT molecular complexity index is 649. The van der Waals surface area contributed by atoms with E-state index in [1.165, 1.54) is 0 Å². The highest BCUT2D eigenvalue weighted by molar-refractivity contribution is 5.76. The van der Waals surface area contributed by atoms with E-state index in [1.54, 1.807) is 0 Å². The molecule has 1 unspecified atom stereocenters. The summed E-state index contributed by atoms with van der Waals surface area (Å²) in [6.45, 7) is 0.485. The number of ether oxygens (including phenoxy) is 1. The zero-order chi connectivity index (χ0) is 17.9. The second-order valence-electron chi connectivity index (χ2n) is 6.04. The maximum Gasteiger partial charge on any atom is 0.310 e. The van der Waals surface area contributed by atoms with E-state index in [0.29, 0.717) is 19.4 Å². The summed E-state index contributed by atoms with van der Waals surface area (Å²) in [7, 11) is 0. The number of carboxylic acid groups (broad SMARTS) is 1. The molecule has 1 atom stereocenters. The molecule has 0 fully saturated rings. The Balaban J connectivity index is 1.88. The SMILES string of the molecule is O=CCCCCCC(C(=O)O)c1ccc(OCc2ccccc2)cc1. The maximum atomic E-state index is 11.5. The molecule has 2 aromatic carbocycles. The van der Waals surface area contributed by atoms with Crippen molar-refractivity contribution in [2.75, 3.05) is 0 Å². The minimum atomic E-state index is -0.812. The van der Waals surface area contributed by atoms with Gasteiger partial charge in [-0.05, 0) is 36.1 Å². The summed E-state index contributed by atoms with van der Waals surface area (Å²) in [6.07, 6.45) is 4.53. The van der Waals surface area contributed by atoms with Crippen molar-refractivity contribution in [3.8, 4) is 5.75 Å². The van der Waals surface area contributed by atoms with E-state index < -0.39 is 11.9 Å². The van der Waals surface area contributed by atoms with Gasteiger partial charge in [-0.2, -0.15) is 0 Å². The van der Waals surface area contributed by atoms with Crippen molar-refractivity contribution in [2.45, 2.75) is 44.6 Å². The summed E-state index contributed by atoms with van der Waals surface area (Å²) in [5.41, 5.74) is 1.88. The van der Waals surface area contributed by atoms with Crippen molar-refractivity contribution in [1.29, 1.82) is 0 Å². The number of aldehydes is 1. The highest BCUT2D eigenvalue weighted by Crippen LogP contribution is 2.25. The van der Waals surface area contributed by atoms with Gasteiger partial charge in [0, 0.05) is 6.42 Å². The lowest BCUT2D eigenvalue weighted by molar-refractivity contribution is -0.139. The molecule has 0 saturated carbocycles. The lowest BCUT2D eigenvalue weighted by atomic mass is 9.93. The highest BCUT2D eigenvalue weighted by atomic mass is 16.5. The minimum Gasteiger partial charge on any atom is -0.489 e. The summed E-state index contributed by atoms with van der Waals surface area (Å²) >= 11 is 0. The number of hydrogen-bond acceptors (Lipinski definition) is 3. The van der Waals surface area contributed by atoms with Crippen LogP contribution in [0.15, 0.2) is 54.6 Å². The third-order valence-corrected chi connectivity index (χ3v) is 4.14. The fourth-order valence-electron chi connectivity index (χ4n) is 2.72. The highest BCUT2D eigenvalue weighted by Gasteiger charge is 2.19. The molecule has 25 heavy (non-hydrogen) atoms. The van der Waals surface area contributed by atoms with Crippen LogP contribution in [0.4, 0.5) is 0 Å². The number of hydrogen-bond donors (Lipinski definition) is 1. The van der Waals surface area contributed by atoms with Crippen LogP contribution >= 0.6 is 0 Å². The van der Waals surface area contributed by atoms with E-state index >= 15 is 0 Å². The Labute approximate surface area is 148 Å². The van der Waals surface area contributed by atoms with Crippen molar-refractivity contribution < 1.29 is 19.4 Å². The predicted octanol–water partition coefficient (Wildman–Crippen LogP) is 4.58. The fraction of sp³-hybridized carbons (Fsp3) is 0.333. The van der Waals surface area contributed by atoms with Gasteiger partial charge in [-0.25, -0.2) is 0 Å². The van der Waals surface area contributed by atoms with E-state index in [2.05, 4.69) is 0 Å². The van der Waals surface area contributed by atoms with Crippen LogP contribution in [0.2, 0.25) is 0 Å². The third kappa shape index (κ3) is 6.42. The first-order valence-corrected chi connectivity index (χ1v) is 8.64. The summed E-state index contributed by atoms with van der Waals surface area (Å²) in [6, 6.07) is 17.2. The summed E-state index contributed by atoms with van der Waals surface area (Å²) in [4.78, 5) is 21.8. The first kappa shape index (κ1) is 18.7. The largest absolute Gasteiger partial charge is 0.489 e. The van der Waals surface area contributed by atoms with Gasteiger partial charge in [0.15, 0.2) is 0 Å². The molecule has 0 aliphatic rings. The smallest absolute Gasteiger partial charge is 0.310 e. The van der Waals surface area contributed by atoms with Crippen LogP contribution in [0.3, 0.4) is 0 Å². The average molecular weight is 340 g/mol. The molecule has 0 radical (unpaired) electrons. The minimum absolute atomic E-state index is 0.485. The number of carboxylic acids is 1. The predicted molar refractivity (Wildman–Crippen MR) is 96.7 cm³/mol. The van der Waals surface area contributed by atoms with Crippen LogP contribution in [-0.2, 0) is 16.2 Å². The molecule has 0 heterocycles. The second-order valence-corrected chi connectivity index (χ2v) is 6.04. The van der Waals surface area contributed by atoms with Gasteiger partial charge in [-0.15, -0.1) is 0 Å². The summed E-state index contributed by atoms with van der Waals surface area (Å²) in [5, 5.41) is 9.46. The number of unbranched alkanes of at least 4 members (excludes halogenated alkanes) is 3. The molecule has 0 amide bonds. The molecular formula is C21H24O4. The van der Waals surface area contributed by atoms with Gasteiger partial charge >= 0.3 is 5.97 Å². The number of carbonyl (C=O) groups is 2. The molecule has 0 aliphatic carbocycles. The summed E-state index contributed by atoms with van der Waals surface area (Å²) < 4.78 is 5.73. The van der Waals surface area contributed by atoms with Crippen molar-refractivity contribution in [2.24, 2.45) is 0 Å². The molecule has 0 spiro atoms. The molecule has 0 bridgehead atoms. The molecule has 0 aliphatic heterocycles. The Morgan fingerprint density at radius 3 is 2.36 bits per heavy atom. The molecule has 1 N–H and O–H groups in total. The van der Waals surface area contributed by atoms with Gasteiger partial charge in [0.1, 0.15) is 18.6 Å². The van der Waals surface area contributed by atoms with Gasteiger partial charge in [0.05, 0.1) is 5.92 Å².